The van der Waals surface area contributed by atoms with Crippen molar-refractivity contribution >= 4 is 5.97 Å². The van der Waals surface area contributed by atoms with Crippen LogP contribution in [-0.4, -0.2) is 36.9 Å². The number of methoxy groups -OCH3 is 1. The standard InChI is InChI=1S/C7H16N2O3/c1-12-6(4-8)2-5(9)3-7(10)11/h5-6H,2-4,8-9H2,1H3,(H,10,11)/t5-,6-/m1/s1. The van der Waals surface area contributed by atoms with Crippen molar-refractivity contribution in [1.82, 2.24) is 0 Å². The topological polar surface area (TPSA) is 98.6 Å². The van der Waals surface area contributed by atoms with Crippen molar-refractivity contribution in [3.8, 4) is 0 Å². The summed E-state index contributed by atoms with van der Waals surface area (Å²) in [5.74, 6) is -0.894. The van der Waals surface area contributed by atoms with E-state index in [0.29, 0.717) is 13.0 Å². The summed E-state index contributed by atoms with van der Waals surface area (Å²) in [6, 6.07) is -0.379. The van der Waals surface area contributed by atoms with Crippen LogP contribution >= 0.6 is 0 Å². The van der Waals surface area contributed by atoms with Gasteiger partial charge >= 0.3 is 5.97 Å². The molecule has 0 aromatic heterocycles. The van der Waals surface area contributed by atoms with Crippen LogP contribution in [0.2, 0.25) is 0 Å². The van der Waals surface area contributed by atoms with E-state index in [0.717, 1.165) is 0 Å². The minimum absolute atomic E-state index is 0.0418. The van der Waals surface area contributed by atoms with E-state index >= 15 is 0 Å². The van der Waals surface area contributed by atoms with Crippen molar-refractivity contribution in [2.75, 3.05) is 13.7 Å². The maximum Gasteiger partial charge on any atom is 0.304 e. The zero-order valence-corrected chi connectivity index (χ0v) is 7.19. The van der Waals surface area contributed by atoms with E-state index in [2.05, 4.69) is 0 Å². The molecule has 0 fully saturated rings. The monoisotopic (exact) mass is 176 g/mol. The van der Waals surface area contributed by atoms with Crippen LogP contribution in [0.3, 0.4) is 0 Å². The Labute approximate surface area is 71.7 Å². The first-order valence-corrected chi connectivity index (χ1v) is 3.80. The minimum Gasteiger partial charge on any atom is -0.481 e. The van der Waals surface area contributed by atoms with Gasteiger partial charge in [0.2, 0.25) is 0 Å². The number of rotatable bonds is 6. The largest absolute Gasteiger partial charge is 0.481 e. The molecule has 5 nitrogen and oxygen atoms in total. The zero-order valence-electron chi connectivity index (χ0n) is 7.19. The molecule has 2 atom stereocenters. The predicted octanol–water partition coefficient (Wildman–Crippen LogP) is -0.848. The Morgan fingerprint density at radius 1 is 1.67 bits per heavy atom. The van der Waals surface area contributed by atoms with E-state index in [1.807, 2.05) is 0 Å². The van der Waals surface area contributed by atoms with Crippen LogP contribution in [0.25, 0.3) is 0 Å². The lowest BCUT2D eigenvalue weighted by Crippen LogP contribution is -2.33. The van der Waals surface area contributed by atoms with Crippen molar-refractivity contribution < 1.29 is 14.6 Å². The molecular weight excluding hydrogens is 160 g/mol. The molecule has 72 valence electrons. The number of aliphatic carboxylic acids is 1. The molecule has 5 N–H and O–H groups in total. The lowest BCUT2D eigenvalue weighted by atomic mass is 10.1. The number of hydrogen-bond acceptors (Lipinski definition) is 4. The molecule has 0 aromatic carbocycles. The highest BCUT2D eigenvalue weighted by atomic mass is 16.5. The molecule has 12 heavy (non-hydrogen) atoms. The number of carboxylic acid groups (broad SMARTS) is 1. The molecular formula is C7H16N2O3. The van der Waals surface area contributed by atoms with Crippen LogP contribution in [0.4, 0.5) is 0 Å². The minimum atomic E-state index is -0.894. The third kappa shape index (κ3) is 5.06. The molecule has 0 aromatic rings. The van der Waals surface area contributed by atoms with E-state index in [9.17, 15) is 4.79 Å². The fraction of sp³-hybridized carbons (Fsp3) is 0.857. The lowest BCUT2D eigenvalue weighted by Gasteiger charge is -2.16. The van der Waals surface area contributed by atoms with Crippen LogP contribution in [0.5, 0.6) is 0 Å². The molecule has 5 heteroatoms. The van der Waals surface area contributed by atoms with Crippen LogP contribution in [0.15, 0.2) is 0 Å². The molecule has 0 radical (unpaired) electrons. The van der Waals surface area contributed by atoms with E-state index in [1.165, 1.54) is 7.11 Å². The smallest absolute Gasteiger partial charge is 0.304 e. The van der Waals surface area contributed by atoms with Gasteiger partial charge in [-0.1, -0.05) is 0 Å². The Morgan fingerprint density at radius 3 is 2.58 bits per heavy atom. The Hall–Kier alpha value is -0.650. The first kappa shape index (κ1) is 11.4. The summed E-state index contributed by atoms with van der Waals surface area (Å²) in [4.78, 5) is 10.2. The second kappa shape index (κ2) is 5.93. The van der Waals surface area contributed by atoms with Gasteiger partial charge in [-0.15, -0.1) is 0 Å². The molecule has 0 saturated heterocycles. The van der Waals surface area contributed by atoms with Gasteiger partial charge in [0, 0.05) is 19.7 Å². The molecule has 0 spiro atoms. The fourth-order valence-electron chi connectivity index (χ4n) is 0.934. The van der Waals surface area contributed by atoms with Gasteiger partial charge in [0.1, 0.15) is 0 Å². The molecule has 0 amide bonds. The van der Waals surface area contributed by atoms with Crippen molar-refractivity contribution in [3.05, 3.63) is 0 Å². The van der Waals surface area contributed by atoms with Gasteiger partial charge in [0.05, 0.1) is 12.5 Å². The van der Waals surface area contributed by atoms with Gasteiger partial charge in [0.15, 0.2) is 0 Å². The van der Waals surface area contributed by atoms with E-state index in [4.69, 9.17) is 21.3 Å². The van der Waals surface area contributed by atoms with E-state index in [1.54, 1.807) is 0 Å². The van der Waals surface area contributed by atoms with Crippen LogP contribution in [0.1, 0.15) is 12.8 Å². The van der Waals surface area contributed by atoms with Crippen LogP contribution in [-0.2, 0) is 9.53 Å². The SMILES string of the molecule is CO[C@@H](CN)C[C@@H](N)CC(=O)O. The summed E-state index contributed by atoms with van der Waals surface area (Å²) in [6.07, 6.45) is 0.304. The van der Waals surface area contributed by atoms with Crippen LogP contribution < -0.4 is 11.5 Å². The van der Waals surface area contributed by atoms with Gasteiger partial charge in [-0.3, -0.25) is 4.79 Å². The summed E-state index contributed by atoms with van der Waals surface area (Å²) >= 11 is 0. The number of carboxylic acids is 1. The summed E-state index contributed by atoms with van der Waals surface area (Å²) < 4.78 is 4.95. The summed E-state index contributed by atoms with van der Waals surface area (Å²) in [5.41, 5.74) is 10.8. The van der Waals surface area contributed by atoms with Crippen molar-refractivity contribution in [2.24, 2.45) is 11.5 Å². The van der Waals surface area contributed by atoms with Crippen molar-refractivity contribution in [3.63, 3.8) is 0 Å². The molecule has 0 aliphatic carbocycles. The molecule has 0 aliphatic heterocycles. The van der Waals surface area contributed by atoms with Crippen molar-refractivity contribution in [1.29, 1.82) is 0 Å². The average Bonchev–Trinajstić information content (AvgIpc) is 1.98. The molecule has 0 unspecified atom stereocenters. The summed E-state index contributed by atoms with van der Waals surface area (Å²) in [6.45, 7) is 0.365. The highest BCUT2D eigenvalue weighted by molar-refractivity contribution is 5.67. The Balaban J connectivity index is 3.65. The number of ether oxygens (including phenoxy) is 1. The highest BCUT2D eigenvalue weighted by Crippen LogP contribution is 2.01. The number of carbonyl (C=O) groups is 1. The Kier molecular flexibility index (Phi) is 5.61. The zero-order chi connectivity index (χ0) is 9.56. The molecule has 0 heterocycles. The number of nitrogens with two attached hydrogens (primary N) is 2. The summed E-state index contributed by atoms with van der Waals surface area (Å²) in [5, 5.41) is 8.39. The quantitative estimate of drug-likeness (QED) is 0.489. The first-order chi connectivity index (χ1) is 5.60. The van der Waals surface area contributed by atoms with Gasteiger partial charge in [0.25, 0.3) is 0 Å². The van der Waals surface area contributed by atoms with Gasteiger partial charge < -0.3 is 21.3 Å². The lowest BCUT2D eigenvalue weighted by molar-refractivity contribution is -0.137. The summed E-state index contributed by atoms with van der Waals surface area (Å²) in [7, 11) is 1.53. The number of hydrogen-bond donors (Lipinski definition) is 3. The first-order valence-electron chi connectivity index (χ1n) is 3.80. The molecule has 0 bridgehead atoms. The van der Waals surface area contributed by atoms with E-state index < -0.39 is 5.97 Å². The second-order valence-corrected chi connectivity index (χ2v) is 2.69. The average molecular weight is 176 g/mol. The second-order valence-electron chi connectivity index (χ2n) is 2.69. The predicted molar refractivity (Wildman–Crippen MR) is 44.7 cm³/mol. The fourth-order valence-corrected chi connectivity index (χ4v) is 0.934. The maximum atomic E-state index is 10.2. The van der Waals surface area contributed by atoms with E-state index in [-0.39, 0.29) is 18.6 Å². The highest BCUT2D eigenvalue weighted by Gasteiger charge is 2.13. The third-order valence-corrected chi connectivity index (χ3v) is 1.60. The maximum absolute atomic E-state index is 10.2. The molecule has 0 aliphatic rings. The Bertz CT molecular complexity index is 137. The van der Waals surface area contributed by atoms with Gasteiger partial charge in [-0.2, -0.15) is 0 Å². The molecule has 0 rings (SSSR count). The Morgan fingerprint density at radius 2 is 2.25 bits per heavy atom. The normalized spacial score (nSPS) is 15.6. The van der Waals surface area contributed by atoms with Crippen molar-refractivity contribution in [2.45, 2.75) is 25.0 Å². The van der Waals surface area contributed by atoms with Gasteiger partial charge in [-0.25, -0.2) is 0 Å². The third-order valence-electron chi connectivity index (χ3n) is 1.60. The van der Waals surface area contributed by atoms with Crippen LogP contribution in [0, 0.1) is 0 Å². The molecule has 0 saturated carbocycles. The van der Waals surface area contributed by atoms with Gasteiger partial charge in [-0.05, 0) is 6.42 Å².